The van der Waals surface area contributed by atoms with Gasteiger partial charge in [-0.3, -0.25) is 9.59 Å². The number of aromatic nitrogens is 2. The number of rotatable bonds is 8. The van der Waals surface area contributed by atoms with E-state index >= 15 is 0 Å². The largest absolute Gasteiger partial charge is 0.495 e. The summed E-state index contributed by atoms with van der Waals surface area (Å²) < 4.78 is 5.61. The SMILES string of the molecule is C=CCC1CN(c2ccccc2)c2nc(Nc3ccc(C(=O)N[C@@H]4CCCNC4)cc3OC)ncc2N(C)C1=O. The van der Waals surface area contributed by atoms with E-state index in [0.29, 0.717) is 47.4 Å². The highest BCUT2D eigenvalue weighted by molar-refractivity contribution is 6.00. The topological polar surface area (TPSA) is 112 Å². The van der Waals surface area contributed by atoms with Crippen molar-refractivity contribution in [1.29, 1.82) is 0 Å². The van der Waals surface area contributed by atoms with E-state index in [0.717, 1.165) is 31.6 Å². The monoisotopic (exact) mass is 541 g/mol. The Bertz CT molecular complexity index is 1370. The lowest BCUT2D eigenvalue weighted by Gasteiger charge is -2.25. The number of nitrogens with zero attached hydrogens (tertiary/aromatic N) is 4. The lowest BCUT2D eigenvalue weighted by molar-refractivity contribution is -0.121. The van der Waals surface area contributed by atoms with Gasteiger partial charge in [-0.2, -0.15) is 4.98 Å². The van der Waals surface area contributed by atoms with Crippen LogP contribution in [0.4, 0.5) is 28.8 Å². The summed E-state index contributed by atoms with van der Waals surface area (Å²) in [5.41, 5.74) is 2.67. The zero-order valence-corrected chi connectivity index (χ0v) is 22.9. The average molecular weight is 542 g/mol. The Hall–Kier alpha value is -4.44. The molecule has 2 atom stereocenters. The van der Waals surface area contributed by atoms with E-state index in [2.05, 4.69) is 27.5 Å². The highest BCUT2D eigenvalue weighted by Gasteiger charge is 2.33. The van der Waals surface area contributed by atoms with Crippen molar-refractivity contribution < 1.29 is 14.3 Å². The van der Waals surface area contributed by atoms with E-state index < -0.39 is 0 Å². The number of nitrogens with one attached hydrogen (secondary N) is 3. The van der Waals surface area contributed by atoms with Crippen LogP contribution in [0.25, 0.3) is 0 Å². The Balaban J connectivity index is 1.44. The van der Waals surface area contributed by atoms with Gasteiger partial charge in [0.25, 0.3) is 5.91 Å². The standard InChI is InChI=1S/C30H35N7O3/c1-4-9-21-19-37(23-11-6-5-7-12-23)27-25(36(2)29(21)39)18-32-30(35-27)34-24-14-13-20(16-26(24)40-3)28(38)33-22-10-8-15-31-17-22/h4-7,11-14,16,18,21-22,31H,1,8-10,15,17,19H2,2-3H3,(H,33,38)(H,32,34,35)/t21?,22-/m1/s1. The number of hydrogen-bond donors (Lipinski definition) is 3. The lowest BCUT2D eigenvalue weighted by Crippen LogP contribution is -2.45. The molecule has 0 bridgehead atoms. The summed E-state index contributed by atoms with van der Waals surface area (Å²) in [6, 6.07) is 15.2. The summed E-state index contributed by atoms with van der Waals surface area (Å²) in [5, 5.41) is 9.64. The van der Waals surface area contributed by atoms with Crippen LogP contribution in [0.15, 0.2) is 67.4 Å². The third kappa shape index (κ3) is 5.76. The zero-order valence-electron chi connectivity index (χ0n) is 22.9. The number of para-hydroxylation sites is 1. The van der Waals surface area contributed by atoms with Crippen molar-refractivity contribution in [3.05, 3.63) is 72.9 Å². The molecule has 0 radical (unpaired) electrons. The molecule has 2 amide bonds. The normalized spacial score (nSPS) is 18.9. The van der Waals surface area contributed by atoms with Gasteiger partial charge in [0.05, 0.1) is 24.9 Å². The first kappa shape index (κ1) is 27.1. The molecule has 5 rings (SSSR count). The number of amides is 2. The van der Waals surface area contributed by atoms with Gasteiger partial charge < -0.3 is 30.5 Å². The Labute approximate surface area is 234 Å². The molecule has 3 heterocycles. The van der Waals surface area contributed by atoms with Crippen LogP contribution in [0.3, 0.4) is 0 Å². The molecule has 0 saturated carbocycles. The van der Waals surface area contributed by atoms with Gasteiger partial charge in [-0.1, -0.05) is 24.3 Å². The summed E-state index contributed by atoms with van der Waals surface area (Å²) in [4.78, 5) is 39.2. The molecular weight excluding hydrogens is 506 g/mol. The van der Waals surface area contributed by atoms with Crippen molar-refractivity contribution in [3.63, 3.8) is 0 Å². The fourth-order valence-electron chi connectivity index (χ4n) is 5.15. The third-order valence-corrected chi connectivity index (χ3v) is 7.31. The number of allylic oxidation sites excluding steroid dienone is 1. The maximum Gasteiger partial charge on any atom is 0.251 e. The first-order valence-electron chi connectivity index (χ1n) is 13.5. The van der Waals surface area contributed by atoms with E-state index in [1.54, 1.807) is 49.5 Å². The maximum absolute atomic E-state index is 13.3. The molecule has 2 aliphatic rings. The molecule has 10 heteroatoms. The van der Waals surface area contributed by atoms with Crippen molar-refractivity contribution in [2.75, 3.05) is 48.9 Å². The Morgan fingerprint density at radius 1 is 1.25 bits per heavy atom. The van der Waals surface area contributed by atoms with E-state index in [4.69, 9.17) is 9.72 Å². The van der Waals surface area contributed by atoms with Crippen molar-refractivity contribution >= 4 is 40.6 Å². The highest BCUT2D eigenvalue weighted by Crippen LogP contribution is 2.38. The minimum absolute atomic E-state index is 0.0107. The maximum atomic E-state index is 13.3. The zero-order chi connectivity index (χ0) is 28.1. The second kappa shape index (κ2) is 12.2. The van der Waals surface area contributed by atoms with E-state index in [1.165, 1.54) is 0 Å². The molecule has 40 heavy (non-hydrogen) atoms. The summed E-state index contributed by atoms with van der Waals surface area (Å²) >= 11 is 0. The van der Waals surface area contributed by atoms with Gasteiger partial charge in [0.2, 0.25) is 11.9 Å². The van der Waals surface area contributed by atoms with Gasteiger partial charge in [0.15, 0.2) is 5.82 Å². The van der Waals surface area contributed by atoms with Crippen LogP contribution in [-0.4, -0.2) is 61.6 Å². The first-order valence-corrected chi connectivity index (χ1v) is 13.5. The molecule has 1 unspecified atom stereocenters. The minimum atomic E-state index is -0.281. The molecule has 2 aromatic carbocycles. The van der Waals surface area contributed by atoms with Crippen LogP contribution >= 0.6 is 0 Å². The van der Waals surface area contributed by atoms with Crippen LogP contribution in [0.1, 0.15) is 29.6 Å². The lowest BCUT2D eigenvalue weighted by atomic mass is 10.0. The molecule has 10 nitrogen and oxygen atoms in total. The van der Waals surface area contributed by atoms with E-state index in [-0.39, 0.29) is 23.8 Å². The number of methoxy groups -OCH3 is 1. The number of fused-ring (bicyclic) bond motifs is 1. The van der Waals surface area contributed by atoms with E-state index in [1.807, 2.05) is 35.2 Å². The predicted molar refractivity (Wildman–Crippen MR) is 157 cm³/mol. The molecule has 0 spiro atoms. The molecule has 3 aromatic rings. The summed E-state index contributed by atoms with van der Waals surface area (Å²) in [5.74, 6) is 1.01. The number of hydrogen-bond acceptors (Lipinski definition) is 8. The average Bonchev–Trinajstić information content (AvgIpc) is 3.09. The second-order valence-corrected chi connectivity index (χ2v) is 10.0. The van der Waals surface area contributed by atoms with Crippen LogP contribution in [0.2, 0.25) is 0 Å². The highest BCUT2D eigenvalue weighted by atomic mass is 16.5. The Morgan fingerprint density at radius 3 is 2.80 bits per heavy atom. The van der Waals surface area contributed by atoms with Gasteiger partial charge in [-0.05, 0) is 56.1 Å². The minimum Gasteiger partial charge on any atom is -0.495 e. The molecule has 1 aromatic heterocycles. The number of benzene rings is 2. The molecule has 0 aliphatic carbocycles. The summed E-state index contributed by atoms with van der Waals surface area (Å²) in [6.45, 7) is 6.05. The summed E-state index contributed by atoms with van der Waals surface area (Å²) in [6.07, 6.45) is 5.98. The quantitative estimate of drug-likeness (QED) is 0.367. The van der Waals surface area contributed by atoms with Crippen LogP contribution in [0, 0.1) is 5.92 Å². The molecule has 2 aliphatic heterocycles. The van der Waals surface area contributed by atoms with Crippen LogP contribution in [0.5, 0.6) is 5.75 Å². The Morgan fingerprint density at radius 2 is 2.08 bits per heavy atom. The van der Waals surface area contributed by atoms with E-state index in [9.17, 15) is 9.59 Å². The fraction of sp³-hybridized carbons (Fsp3) is 0.333. The smallest absolute Gasteiger partial charge is 0.251 e. The summed E-state index contributed by atoms with van der Waals surface area (Å²) in [7, 11) is 3.31. The van der Waals surface area contributed by atoms with Crippen molar-refractivity contribution in [2.24, 2.45) is 5.92 Å². The number of piperidine rings is 1. The number of carbonyl (C=O) groups is 2. The fourth-order valence-corrected chi connectivity index (χ4v) is 5.15. The van der Waals surface area contributed by atoms with Crippen LogP contribution in [-0.2, 0) is 4.79 Å². The number of carbonyl (C=O) groups excluding carboxylic acids is 2. The van der Waals surface area contributed by atoms with Gasteiger partial charge in [-0.15, -0.1) is 6.58 Å². The van der Waals surface area contributed by atoms with Crippen LogP contribution < -0.4 is 30.5 Å². The van der Waals surface area contributed by atoms with Gasteiger partial charge in [-0.25, -0.2) is 4.98 Å². The Kier molecular flexibility index (Phi) is 8.26. The molecule has 1 fully saturated rings. The number of anilines is 5. The van der Waals surface area contributed by atoms with Crippen molar-refractivity contribution in [1.82, 2.24) is 20.6 Å². The number of ether oxygens (including phenoxy) is 1. The van der Waals surface area contributed by atoms with Gasteiger partial charge in [0, 0.05) is 37.4 Å². The second-order valence-electron chi connectivity index (χ2n) is 10.0. The van der Waals surface area contributed by atoms with Gasteiger partial charge in [0.1, 0.15) is 11.4 Å². The van der Waals surface area contributed by atoms with Gasteiger partial charge >= 0.3 is 0 Å². The van der Waals surface area contributed by atoms with Crippen molar-refractivity contribution in [3.8, 4) is 5.75 Å². The third-order valence-electron chi connectivity index (χ3n) is 7.31. The molecule has 3 N–H and O–H groups in total. The van der Waals surface area contributed by atoms with Crippen molar-refractivity contribution in [2.45, 2.75) is 25.3 Å². The molecule has 208 valence electrons. The predicted octanol–water partition coefficient (Wildman–Crippen LogP) is 4.02. The molecule has 1 saturated heterocycles. The molecular formula is C30H35N7O3. The first-order chi connectivity index (χ1) is 19.5.